The van der Waals surface area contributed by atoms with Crippen LogP contribution in [-0.4, -0.2) is 60.0 Å². The van der Waals surface area contributed by atoms with Crippen molar-refractivity contribution in [2.75, 3.05) is 49.8 Å². The summed E-state index contributed by atoms with van der Waals surface area (Å²) in [5.74, 6) is 2.55. The van der Waals surface area contributed by atoms with Crippen molar-refractivity contribution in [3.05, 3.63) is 72.2 Å². The van der Waals surface area contributed by atoms with Crippen LogP contribution in [-0.2, 0) is 4.79 Å². The molecule has 0 saturated carbocycles. The zero-order chi connectivity index (χ0) is 29.1. The first-order chi connectivity index (χ1) is 19.8. The smallest absolute Gasteiger partial charge is 0.255 e. The van der Waals surface area contributed by atoms with Gasteiger partial charge in [0.1, 0.15) is 35.1 Å². The zero-order valence-electron chi connectivity index (χ0n) is 23.8. The van der Waals surface area contributed by atoms with Gasteiger partial charge in [-0.05, 0) is 63.0 Å². The van der Waals surface area contributed by atoms with Gasteiger partial charge in [0.25, 0.3) is 5.91 Å². The van der Waals surface area contributed by atoms with E-state index in [9.17, 15) is 4.79 Å². The number of aromatic nitrogens is 3. The van der Waals surface area contributed by atoms with Gasteiger partial charge in [-0.2, -0.15) is 5.11 Å². The minimum Gasteiger partial charge on any atom is -0.457 e. The molecule has 1 saturated heterocycles. The van der Waals surface area contributed by atoms with Crippen LogP contribution >= 0.6 is 0 Å². The van der Waals surface area contributed by atoms with Crippen LogP contribution in [0.5, 0.6) is 11.5 Å². The van der Waals surface area contributed by atoms with E-state index >= 15 is 0 Å². The molecule has 11 nitrogen and oxygen atoms in total. The molecule has 4 aromatic rings. The summed E-state index contributed by atoms with van der Waals surface area (Å²) in [4.78, 5) is 30.4. The van der Waals surface area contributed by atoms with Crippen molar-refractivity contribution in [3.8, 4) is 11.5 Å². The Balaban J connectivity index is 1.38. The highest BCUT2D eigenvalue weighted by Crippen LogP contribution is 2.35. The summed E-state index contributed by atoms with van der Waals surface area (Å²) in [6.45, 7) is 5.30. The molecular formula is C30H33N9O2. The Morgan fingerprint density at radius 1 is 1.17 bits per heavy atom. The predicted molar refractivity (Wildman–Crippen MR) is 161 cm³/mol. The van der Waals surface area contributed by atoms with Crippen molar-refractivity contribution in [2.24, 2.45) is 11.0 Å². The van der Waals surface area contributed by atoms with Gasteiger partial charge < -0.3 is 20.3 Å². The van der Waals surface area contributed by atoms with E-state index in [1.165, 1.54) is 6.33 Å². The predicted octanol–water partition coefficient (Wildman–Crippen LogP) is 6.04. The first kappa shape index (κ1) is 27.7. The second kappa shape index (κ2) is 11.7. The molecule has 1 aliphatic heterocycles. The molecule has 11 heteroatoms. The number of ether oxygens (including phenoxy) is 1. The molecule has 1 unspecified atom stereocenters. The number of fused-ring (bicyclic) bond motifs is 1. The highest BCUT2D eigenvalue weighted by atomic mass is 16.5. The molecule has 3 N–H and O–H groups in total. The number of hydrogen-bond donors (Lipinski definition) is 3. The molecule has 5 rings (SSSR count). The van der Waals surface area contributed by atoms with E-state index in [4.69, 9.17) is 10.3 Å². The van der Waals surface area contributed by atoms with Crippen molar-refractivity contribution in [1.29, 1.82) is 5.53 Å². The van der Waals surface area contributed by atoms with Crippen LogP contribution in [0.4, 0.5) is 28.7 Å². The van der Waals surface area contributed by atoms with Crippen LogP contribution in [0.2, 0.25) is 0 Å². The number of hydrogen-bond acceptors (Lipinski definition) is 10. The van der Waals surface area contributed by atoms with Crippen LogP contribution < -0.4 is 20.3 Å². The van der Waals surface area contributed by atoms with E-state index in [2.05, 4.69) is 37.6 Å². The van der Waals surface area contributed by atoms with Gasteiger partial charge in [0, 0.05) is 48.8 Å². The topological polar surface area (TPSA) is 132 Å². The number of carbonyl (C=O) groups excluding carboxylic acids is 1. The summed E-state index contributed by atoms with van der Waals surface area (Å²) < 4.78 is 6.08. The third-order valence-electron chi connectivity index (χ3n) is 6.96. The average molecular weight is 552 g/mol. The largest absolute Gasteiger partial charge is 0.457 e. The summed E-state index contributed by atoms with van der Waals surface area (Å²) >= 11 is 0. The van der Waals surface area contributed by atoms with E-state index in [0.717, 1.165) is 27.9 Å². The van der Waals surface area contributed by atoms with E-state index in [0.29, 0.717) is 47.4 Å². The minimum absolute atomic E-state index is 0.0205. The Bertz CT molecular complexity index is 1650. The van der Waals surface area contributed by atoms with Crippen LogP contribution in [0.3, 0.4) is 0 Å². The summed E-state index contributed by atoms with van der Waals surface area (Å²) in [6.07, 6.45) is 5.17. The number of carbonyl (C=O) groups is 1. The van der Waals surface area contributed by atoms with Gasteiger partial charge in [-0.1, -0.05) is 13.0 Å². The zero-order valence-corrected chi connectivity index (χ0v) is 23.8. The van der Waals surface area contributed by atoms with Gasteiger partial charge >= 0.3 is 0 Å². The molecule has 1 amide bonds. The maximum absolute atomic E-state index is 13.2. The maximum Gasteiger partial charge on any atom is 0.255 e. The maximum atomic E-state index is 13.2. The Labute approximate surface area is 238 Å². The lowest BCUT2D eigenvalue weighted by molar-refractivity contribution is -0.114. The van der Waals surface area contributed by atoms with Crippen molar-refractivity contribution in [1.82, 2.24) is 19.9 Å². The quantitative estimate of drug-likeness (QED) is 0.169. The first-order valence-corrected chi connectivity index (χ1v) is 13.3. The third kappa shape index (κ3) is 5.85. The highest BCUT2D eigenvalue weighted by molar-refractivity contribution is 6.09. The molecule has 0 radical (unpaired) electrons. The molecule has 2 aromatic heterocycles. The average Bonchev–Trinajstić information content (AvgIpc) is 3.25. The SMILES string of the molecule is CNc1ccc(Oc2ccc(Nc3ncnc4cnc(N5CC(C)/C(=C\CN(C)C)C5=O)cc34)cc2C)cc1N=N. The third-order valence-corrected chi connectivity index (χ3v) is 6.96. The number of amides is 1. The van der Waals surface area contributed by atoms with Crippen molar-refractivity contribution >= 4 is 45.5 Å². The normalized spacial score (nSPS) is 16.0. The molecule has 1 atom stereocenters. The van der Waals surface area contributed by atoms with Gasteiger partial charge in [0.15, 0.2) is 0 Å². The van der Waals surface area contributed by atoms with Crippen molar-refractivity contribution in [2.45, 2.75) is 13.8 Å². The fraction of sp³-hybridized carbons (Fsp3) is 0.267. The van der Waals surface area contributed by atoms with Crippen LogP contribution in [0.1, 0.15) is 12.5 Å². The number of rotatable bonds is 9. The molecule has 3 heterocycles. The van der Waals surface area contributed by atoms with Crippen LogP contribution in [0.25, 0.3) is 10.9 Å². The number of benzene rings is 2. The minimum atomic E-state index is -0.0205. The number of pyridine rings is 1. The summed E-state index contributed by atoms with van der Waals surface area (Å²) in [5.41, 5.74) is 11.9. The Hall–Kier alpha value is -4.90. The summed E-state index contributed by atoms with van der Waals surface area (Å²) in [5, 5.41) is 10.7. The molecule has 41 heavy (non-hydrogen) atoms. The highest BCUT2D eigenvalue weighted by Gasteiger charge is 2.34. The van der Waals surface area contributed by atoms with Crippen LogP contribution in [0.15, 0.2) is 71.8 Å². The fourth-order valence-electron chi connectivity index (χ4n) is 4.77. The second-order valence-electron chi connectivity index (χ2n) is 10.3. The molecule has 1 fully saturated rings. The Kier molecular flexibility index (Phi) is 7.88. The van der Waals surface area contributed by atoms with E-state index in [1.807, 2.05) is 68.4 Å². The lowest BCUT2D eigenvalue weighted by Crippen LogP contribution is -2.26. The fourth-order valence-corrected chi connectivity index (χ4v) is 4.77. The molecule has 210 valence electrons. The molecule has 0 spiro atoms. The number of aryl methyl sites for hydroxylation is 1. The Morgan fingerprint density at radius 3 is 2.73 bits per heavy atom. The van der Waals surface area contributed by atoms with Gasteiger partial charge in [0.05, 0.1) is 17.4 Å². The molecule has 2 aromatic carbocycles. The van der Waals surface area contributed by atoms with Gasteiger partial charge in [-0.15, -0.1) is 0 Å². The first-order valence-electron chi connectivity index (χ1n) is 13.3. The molecule has 1 aliphatic rings. The van der Waals surface area contributed by atoms with E-state index in [-0.39, 0.29) is 11.8 Å². The van der Waals surface area contributed by atoms with E-state index < -0.39 is 0 Å². The second-order valence-corrected chi connectivity index (χ2v) is 10.3. The number of likely N-dealkylation sites (N-methyl/N-ethyl adjacent to an activating group) is 1. The number of anilines is 4. The van der Waals surface area contributed by atoms with Gasteiger partial charge in [-0.25, -0.2) is 20.5 Å². The van der Waals surface area contributed by atoms with Gasteiger partial charge in [-0.3, -0.25) is 9.69 Å². The summed E-state index contributed by atoms with van der Waals surface area (Å²) in [7, 11) is 5.75. The number of nitrogens with one attached hydrogen (secondary N) is 3. The van der Waals surface area contributed by atoms with Crippen molar-refractivity contribution in [3.63, 3.8) is 0 Å². The van der Waals surface area contributed by atoms with Crippen LogP contribution in [0, 0.1) is 18.4 Å². The lowest BCUT2D eigenvalue weighted by Gasteiger charge is -2.16. The standard InChI is InChI=1S/C30H33N9O2/c1-18-12-20(6-9-27(18)41-21-7-8-24(32-3)25(13-21)37-31)36-29-23-14-28(33-15-26(23)34-17-35-29)39-16-19(2)22(30(39)40)10-11-38(4)5/h6-10,12-15,17,19,31-32H,11,16H2,1-5H3,(H,34,35,36)/b22-10+,37-31?. The molecular weight excluding hydrogens is 518 g/mol. The Morgan fingerprint density at radius 2 is 2.00 bits per heavy atom. The van der Waals surface area contributed by atoms with E-state index in [1.54, 1.807) is 24.2 Å². The van der Waals surface area contributed by atoms with Crippen molar-refractivity contribution < 1.29 is 9.53 Å². The number of nitrogens with zero attached hydrogens (tertiary/aromatic N) is 6. The molecule has 0 bridgehead atoms. The van der Waals surface area contributed by atoms with Gasteiger partial charge in [0.2, 0.25) is 0 Å². The lowest BCUT2D eigenvalue weighted by atomic mass is 10.0. The molecule has 0 aliphatic carbocycles. The monoisotopic (exact) mass is 551 g/mol. The summed E-state index contributed by atoms with van der Waals surface area (Å²) in [6, 6.07) is 13.0.